The van der Waals surface area contributed by atoms with Gasteiger partial charge in [0.15, 0.2) is 0 Å². The summed E-state index contributed by atoms with van der Waals surface area (Å²) < 4.78 is 31.8. The van der Waals surface area contributed by atoms with Gasteiger partial charge in [-0.2, -0.15) is 4.31 Å². The van der Waals surface area contributed by atoms with Gasteiger partial charge in [-0.25, -0.2) is 13.2 Å². The van der Waals surface area contributed by atoms with Gasteiger partial charge in [0.1, 0.15) is 5.60 Å². The van der Waals surface area contributed by atoms with Crippen molar-refractivity contribution in [3.8, 4) is 0 Å². The van der Waals surface area contributed by atoms with E-state index in [1.165, 1.54) is 28.6 Å². The number of hydrogen-bond acceptors (Lipinski definition) is 6. The molecule has 2 rings (SSSR count). The number of piperidine rings is 1. The normalized spacial score (nSPS) is 16.9. The number of nitrogens with one attached hydrogen (secondary N) is 1. The van der Waals surface area contributed by atoms with Gasteiger partial charge in [0.05, 0.1) is 9.82 Å². The zero-order chi connectivity index (χ0) is 19.5. The third-order valence-electron chi connectivity index (χ3n) is 3.86. The minimum absolute atomic E-state index is 0.0154. The van der Waals surface area contributed by atoms with Gasteiger partial charge in [0, 0.05) is 31.3 Å². The molecule has 1 aromatic carbocycles. The third-order valence-corrected chi connectivity index (χ3v) is 5.77. The second kappa shape index (κ2) is 7.58. The molecule has 1 aliphatic rings. The van der Waals surface area contributed by atoms with Crippen molar-refractivity contribution in [1.29, 1.82) is 0 Å². The number of carbonyl (C=O) groups excluding carboxylic acids is 1. The van der Waals surface area contributed by atoms with Crippen molar-refractivity contribution in [2.75, 3.05) is 13.1 Å². The van der Waals surface area contributed by atoms with Gasteiger partial charge < -0.3 is 10.1 Å². The van der Waals surface area contributed by atoms with Crippen LogP contribution < -0.4 is 5.32 Å². The number of carbonyl (C=O) groups is 1. The Morgan fingerprint density at radius 2 is 1.77 bits per heavy atom. The summed E-state index contributed by atoms with van der Waals surface area (Å²) in [6.45, 7) is 5.81. The van der Waals surface area contributed by atoms with Gasteiger partial charge in [-0.1, -0.05) is 0 Å². The molecule has 0 atom stereocenters. The number of nitro benzene ring substituents is 1. The minimum atomic E-state index is -3.72. The van der Waals surface area contributed by atoms with Crippen molar-refractivity contribution in [3.05, 3.63) is 34.4 Å². The molecule has 0 saturated carbocycles. The molecular weight excluding hydrogens is 362 g/mol. The number of nitro groups is 1. The van der Waals surface area contributed by atoms with E-state index in [1.807, 2.05) is 0 Å². The van der Waals surface area contributed by atoms with E-state index >= 15 is 0 Å². The zero-order valence-electron chi connectivity index (χ0n) is 15.0. The van der Waals surface area contributed by atoms with Gasteiger partial charge in [0.25, 0.3) is 5.69 Å². The van der Waals surface area contributed by atoms with Crippen LogP contribution in [0.25, 0.3) is 0 Å². The first-order valence-corrected chi connectivity index (χ1v) is 9.67. The molecule has 0 unspecified atom stereocenters. The largest absolute Gasteiger partial charge is 0.444 e. The van der Waals surface area contributed by atoms with E-state index in [1.54, 1.807) is 20.8 Å². The van der Waals surface area contributed by atoms with Crippen LogP contribution in [0.15, 0.2) is 29.2 Å². The summed E-state index contributed by atoms with van der Waals surface area (Å²) in [4.78, 5) is 21.9. The molecular formula is C16H23N3O6S. The fraction of sp³-hybridized carbons (Fsp3) is 0.562. The second-order valence-electron chi connectivity index (χ2n) is 7.08. The van der Waals surface area contributed by atoms with Gasteiger partial charge in [-0.3, -0.25) is 10.1 Å². The van der Waals surface area contributed by atoms with Crippen molar-refractivity contribution in [3.63, 3.8) is 0 Å². The third kappa shape index (κ3) is 5.15. The molecule has 10 heteroatoms. The molecule has 26 heavy (non-hydrogen) atoms. The molecule has 0 bridgehead atoms. The molecule has 1 N–H and O–H groups in total. The lowest BCUT2D eigenvalue weighted by atomic mass is 10.1. The number of benzene rings is 1. The smallest absolute Gasteiger partial charge is 0.407 e. The Morgan fingerprint density at radius 1 is 1.23 bits per heavy atom. The zero-order valence-corrected chi connectivity index (χ0v) is 15.8. The Hall–Kier alpha value is -2.20. The first-order valence-electron chi connectivity index (χ1n) is 8.23. The van der Waals surface area contributed by atoms with Crippen molar-refractivity contribution >= 4 is 21.8 Å². The maximum Gasteiger partial charge on any atom is 0.407 e. The summed E-state index contributed by atoms with van der Waals surface area (Å²) in [6.07, 6.45) is 0.408. The van der Waals surface area contributed by atoms with E-state index in [0.717, 1.165) is 0 Å². The van der Waals surface area contributed by atoms with Crippen LogP contribution in [0.1, 0.15) is 33.6 Å². The Morgan fingerprint density at radius 3 is 2.23 bits per heavy atom. The number of sulfonamides is 1. The molecule has 0 radical (unpaired) electrons. The van der Waals surface area contributed by atoms with Crippen LogP contribution in [-0.4, -0.2) is 48.5 Å². The number of ether oxygens (including phenoxy) is 1. The molecule has 1 fully saturated rings. The lowest BCUT2D eigenvalue weighted by Gasteiger charge is -2.32. The Labute approximate surface area is 152 Å². The first-order chi connectivity index (χ1) is 12.0. The van der Waals surface area contributed by atoms with E-state index in [2.05, 4.69) is 5.32 Å². The molecule has 0 spiro atoms. The van der Waals surface area contributed by atoms with Gasteiger partial charge in [-0.05, 0) is 45.7 Å². The number of amides is 1. The summed E-state index contributed by atoms with van der Waals surface area (Å²) in [5, 5.41) is 13.4. The quantitative estimate of drug-likeness (QED) is 0.627. The van der Waals surface area contributed by atoms with E-state index in [9.17, 15) is 23.3 Å². The number of alkyl carbamates (subject to hydrolysis) is 1. The molecule has 1 heterocycles. The van der Waals surface area contributed by atoms with Crippen LogP contribution in [0.2, 0.25) is 0 Å². The predicted molar refractivity (Wildman–Crippen MR) is 94.2 cm³/mol. The molecule has 144 valence electrons. The van der Waals surface area contributed by atoms with E-state index < -0.39 is 26.6 Å². The molecule has 9 nitrogen and oxygen atoms in total. The second-order valence-corrected chi connectivity index (χ2v) is 9.01. The van der Waals surface area contributed by atoms with Crippen LogP contribution >= 0.6 is 0 Å². The van der Waals surface area contributed by atoms with Crippen LogP contribution in [0.4, 0.5) is 10.5 Å². The van der Waals surface area contributed by atoms with E-state index in [0.29, 0.717) is 12.8 Å². The summed E-state index contributed by atoms with van der Waals surface area (Å²) >= 11 is 0. The molecule has 1 aromatic rings. The highest BCUT2D eigenvalue weighted by molar-refractivity contribution is 7.89. The van der Waals surface area contributed by atoms with Crippen LogP contribution in [0, 0.1) is 10.1 Å². The van der Waals surface area contributed by atoms with Gasteiger partial charge in [0.2, 0.25) is 10.0 Å². The summed E-state index contributed by atoms with van der Waals surface area (Å²) in [5.41, 5.74) is -0.756. The van der Waals surface area contributed by atoms with Crippen molar-refractivity contribution in [2.45, 2.75) is 50.2 Å². The number of rotatable bonds is 4. The molecule has 0 aromatic heterocycles. The lowest BCUT2D eigenvalue weighted by Crippen LogP contribution is -2.47. The number of nitrogens with zero attached hydrogens (tertiary/aromatic N) is 2. The lowest BCUT2D eigenvalue weighted by molar-refractivity contribution is -0.384. The standard InChI is InChI=1S/C16H23N3O6S/c1-16(2,3)25-15(20)17-12-8-10-18(11-9-12)26(23,24)14-6-4-13(5-7-14)19(21)22/h4-7,12H,8-11H2,1-3H3,(H,17,20). The van der Waals surface area contributed by atoms with Crippen molar-refractivity contribution < 1.29 is 22.9 Å². The average Bonchev–Trinajstić information content (AvgIpc) is 2.53. The van der Waals surface area contributed by atoms with Gasteiger partial charge >= 0.3 is 6.09 Å². The highest BCUT2D eigenvalue weighted by Gasteiger charge is 2.31. The average molecular weight is 385 g/mol. The van der Waals surface area contributed by atoms with Crippen LogP contribution in [0.5, 0.6) is 0 Å². The van der Waals surface area contributed by atoms with Crippen molar-refractivity contribution in [1.82, 2.24) is 9.62 Å². The first kappa shape index (κ1) is 20.1. The Kier molecular flexibility index (Phi) is 5.87. The maximum absolute atomic E-state index is 12.6. The monoisotopic (exact) mass is 385 g/mol. The fourth-order valence-corrected chi connectivity index (χ4v) is 4.07. The van der Waals surface area contributed by atoms with Crippen LogP contribution in [0.3, 0.4) is 0 Å². The summed E-state index contributed by atoms with van der Waals surface area (Å²) in [6, 6.07) is 4.65. The van der Waals surface area contributed by atoms with E-state index in [-0.39, 0.29) is 29.7 Å². The Balaban J connectivity index is 1.96. The fourth-order valence-electron chi connectivity index (χ4n) is 2.60. The topological polar surface area (TPSA) is 119 Å². The summed E-state index contributed by atoms with van der Waals surface area (Å²) in [5.74, 6) is 0. The number of hydrogen-bond donors (Lipinski definition) is 1. The minimum Gasteiger partial charge on any atom is -0.444 e. The maximum atomic E-state index is 12.6. The molecule has 1 amide bonds. The molecule has 1 aliphatic heterocycles. The highest BCUT2D eigenvalue weighted by atomic mass is 32.2. The predicted octanol–water partition coefficient (Wildman–Crippen LogP) is 2.27. The van der Waals surface area contributed by atoms with Crippen molar-refractivity contribution in [2.24, 2.45) is 0 Å². The number of non-ortho nitro benzene ring substituents is 1. The summed E-state index contributed by atoms with van der Waals surface area (Å²) in [7, 11) is -3.72. The van der Waals surface area contributed by atoms with Crippen LogP contribution in [-0.2, 0) is 14.8 Å². The Bertz CT molecular complexity index is 762. The SMILES string of the molecule is CC(C)(C)OC(=O)NC1CCN(S(=O)(=O)c2ccc([N+](=O)[O-])cc2)CC1. The highest BCUT2D eigenvalue weighted by Crippen LogP contribution is 2.23. The van der Waals surface area contributed by atoms with E-state index in [4.69, 9.17) is 4.74 Å². The van der Waals surface area contributed by atoms with Gasteiger partial charge in [-0.15, -0.1) is 0 Å². The molecule has 1 saturated heterocycles. The molecule has 0 aliphatic carbocycles.